The molecule has 1 nitrogen and oxygen atoms in total. The summed E-state index contributed by atoms with van der Waals surface area (Å²) in [6.45, 7) is 2.50. The van der Waals surface area contributed by atoms with Gasteiger partial charge in [0.15, 0.2) is 0 Å². The molecule has 1 fully saturated rings. The second-order valence-electron chi connectivity index (χ2n) is 4.69. The molecule has 0 bridgehead atoms. The molecule has 88 valence electrons. The summed E-state index contributed by atoms with van der Waals surface area (Å²) in [5, 5.41) is 0. The Morgan fingerprint density at radius 2 is 2.00 bits per heavy atom. The van der Waals surface area contributed by atoms with Crippen LogP contribution in [0.25, 0.3) is 0 Å². The fourth-order valence-electron chi connectivity index (χ4n) is 2.28. The molecule has 1 saturated carbocycles. The third-order valence-electron chi connectivity index (χ3n) is 3.35. The number of hydrogen-bond acceptors (Lipinski definition) is 1. The number of rotatable bonds is 3. The average Bonchev–Trinajstić information content (AvgIpc) is 2.32. The Labute approximate surface area is 96.6 Å². The van der Waals surface area contributed by atoms with Gasteiger partial charge in [-0.2, -0.15) is 0 Å². The molecular weight excluding hydrogens is 203 g/mol. The van der Waals surface area contributed by atoms with Gasteiger partial charge in [0.1, 0.15) is 6.17 Å². The largest absolute Gasteiger partial charge is 0.371 e. The topological polar surface area (TPSA) is 9.23 Å². The summed E-state index contributed by atoms with van der Waals surface area (Å²) in [5.74, 6) is 0.148. The van der Waals surface area contributed by atoms with Gasteiger partial charge in [0.25, 0.3) is 0 Å². The highest BCUT2D eigenvalue weighted by atomic mass is 19.1. The normalized spacial score (nSPS) is 30.2. The van der Waals surface area contributed by atoms with Gasteiger partial charge in [-0.05, 0) is 24.3 Å². The molecule has 0 radical (unpaired) electrons. The number of ether oxygens (including phenoxy) is 1. The van der Waals surface area contributed by atoms with Gasteiger partial charge in [-0.25, -0.2) is 4.39 Å². The lowest BCUT2D eigenvalue weighted by Gasteiger charge is -2.30. The predicted molar refractivity (Wildman–Crippen MR) is 62.9 cm³/mol. The molecule has 0 aliphatic heterocycles. The molecule has 1 aliphatic carbocycles. The van der Waals surface area contributed by atoms with E-state index in [1.807, 2.05) is 37.3 Å². The molecule has 0 amide bonds. The van der Waals surface area contributed by atoms with Crippen molar-refractivity contribution >= 4 is 0 Å². The maximum absolute atomic E-state index is 13.8. The molecule has 2 unspecified atom stereocenters. The molecule has 2 rings (SSSR count). The first-order chi connectivity index (χ1) is 7.77. The van der Waals surface area contributed by atoms with E-state index in [1.54, 1.807) is 0 Å². The van der Waals surface area contributed by atoms with E-state index in [0.29, 0.717) is 6.61 Å². The first kappa shape index (κ1) is 11.6. The van der Waals surface area contributed by atoms with Gasteiger partial charge < -0.3 is 4.74 Å². The zero-order valence-electron chi connectivity index (χ0n) is 9.73. The van der Waals surface area contributed by atoms with Gasteiger partial charge in [-0.15, -0.1) is 0 Å². The fraction of sp³-hybridized carbons (Fsp3) is 0.571. The second kappa shape index (κ2) is 5.44. The molecule has 1 aliphatic rings. The van der Waals surface area contributed by atoms with E-state index in [-0.39, 0.29) is 12.0 Å². The van der Waals surface area contributed by atoms with Crippen molar-refractivity contribution in [2.24, 2.45) is 5.92 Å². The van der Waals surface area contributed by atoms with Crippen molar-refractivity contribution in [1.29, 1.82) is 0 Å². The molecule has 0 saturated heterocycles. The fourth-order valence-corrected chi connectivity index (χ4v) is 2.28. The minimum absolute atomic E-state index is 0.148. The number of halogens is 1. The van der Waals surface area contributed by atoms with Gasteiger partial charge in [-0.3, -0.25) is 0 Å². The van der Waals surface area contributed by atoms with Crippen LogP contribution in [0.2, 0.25) is 0 Å². The van der Waals surface area contributed by atoms with E-state index in [9.17, 15) is 4.39 Å². The summed E-state index contributed by atoms with van der Waals surface area (Å²) in [5.41, 5.74) is 1.12. The van der Waals surface area contributed by atoms with Crippen molar-refractivity contribution in [1.82, 2.24) is 0 Å². The molecule has 2 heteroatoms. The van der Waals surface area contributed by atoms with Crippen molar-refractivity contribution in [3.8, 4) is 0 Å². The average molecular weight is 222 g/mol. The Morgan fingerprint density at radius 1 is 1.25 bits per heavy atom. The van der Waals surface area contributed by atoms with E-state index >= 15 is 0 Å². The smallest absolute Gasteiger partial charge is 0.129 e. The molecule has 0 heterocycles. The summed E-state index contributed by atoms with van der Waals surface area (Å²) in [7, 11) is 0. The Bertz CT molecular complexity index is 312. The zero-order valence-corrected chi connectivity index (χ0v) is 9.73. The van der Waals surface area contributed by atoms with Crippen LogP contribution in [0.5, 0.6) is 0 Å². The summed E-state index contributed by atoms with van der Waals surface area (Å²) < 4.78 is 19.5. The highest BCUT2D eigenvalue weighted by Gasteiger charge is 2.31. The van der Waals surface area contributed by atoms with Crippen LogP contribution in [0.3, 0.4) is 0 Å². The Hall–Kier alpha value is -0.890. The van der Waals surface area contributed by atoms with Crippen LogP contribution in [0.4, 0.5) is 4.39 Å². The molecule has 1 aromatic carbocycles. The van der Waals surface area contributed by atoms with E-state index in [2.05, 4.69) is 0 Å². The van der Waals surface area contributed by atoms with Crippen molar-refractivity contribution in [3.05, 3.63) is 35.9 Å². The summed E-state index contributed by atoms with van der Waals surface area (Å²) in [6.07, 6.45) is 1.94. The third-order valence-corrected chi connectivity index (χ3v) is 3.35. The third kappa shape index (κ3) is 2.82. The Kier molecular flexibility index (Phi) is 3.94. The van der Waals surface area contributed by atoms with Gasteiger partial charge in [0.2, 0.25) is 0 Å². The standard InChI is InChI=1S/C14H19FO/c1-11-6-5-9-13(14(11)15)16-10-12-7-3-2-4-8-12/h2-4,7-8,11,13-14H,5-6,9-10H2,1H3/t11-,13?,14?/m1/s1. The van der Waals surface area contributed by atoms with E-state index in [4.69, 9.17) is 4.74 Å². The lowest BCUT2D eigenvalue weighted by Crippen LogP contribution is -2.34. The molecule has 1 aromatic rings. The first-order valence-corrected chi connectivity index (χ1v) is 6.07. The lowest BCUT2D eigenvalue weighted by molar-refractivity contribution is -0.0524. The lowest BCUT2D eigenvalue weighted by atomic mass is 9.87. The molecular formula is C14H19FO. The number of alkyl halides is 1. The Balaban J connectivity index is 1.85. The van der Waals surface area contributed by atoms with Gasteiger partial charge >= 0.3 is 0 Å². The second-order valence-corrected chi connectivity index (χ2v) is 4.69. The maximum atomic E-state index is 13.8. The van der Waals surface area contributed by atoms with Gasteiger partial charge in [-0.1, -0.05) is 43.7 Å². The van der Waals surface area contributed by atoms with Crippen LogP contribution in [-0.4, -0.2) is 12.3 Å². The highest BCUT2D eigenvalue weighted by molar-refractivity contribution is 5.13. The molecule has 0 aromatic heterocycles. The minimum Gasteiger partial charge on any atom is -0.371 e. The van der Waals surface area contributed by atoms with Crippen molar-refractivity contribution < 1.29 is 9.13 Å². The van der Waals surface area contributed by atoms with Crippen LogP contribution in [-0.2, 0) is 11.3 Å². The van der Waals surface area contributed by atoms with E-state index < -0.39 is 6.17 Å². The zero-order chi connectivity index (χ0) is 11.4. The monoisotopic (exact) mass is 222 g/mol. The van der Waals surface area contributed by atoms with Crippen LogP contribution in [0.15, 0.2) is 30.3 Å². The molecule has 0 N–H and O–H groups in total. The summed E-state index contributed by atoms with van der Waals surface area (Å²) >= 11 is 0. The number of benzene rings is 1. The van der Waals surface area contributed by atoms with Crippen molar-refractivity contribution in [2.75, 3.05) is 0 Å². The minimum atomic E-state index is -0.794. The maximum Gasteiger partial charge on any atom is 0.129 e. The van der Waals surface area contributed by atoms with Gasteiger partial charge in [0, 0.05) is 0 Å². The SMILES string of the molecule is C[C@@H]1CCCC(OCc2ccccc2)C1F. The molecule has 16 heavy (non-hydrogen) atoms. The summed E-state index contributed by atoms with van der Waals surface area (Å²) in [6, 6.07) is 9.97. The Morgan fingerprint density at radius 3 is 2.75 bits per heavy atom. The quantitative estimate of drug-likeness (QED) is 0.757. The molecule has 0 spiro atoms. The predicted octanol–water partition coefficient (Wildman–Crippen LogP) is 3.73. The summed E-state index contributed by atoms with van der Waals surface area (Å²) in [4.78, 5) is 0. The van der Waals surface area contributed by atoms with Crippen LogP contribution < -0.4 is 0 Å². The van der Waals surface area contributed by atoms with Crippen LogP contribution in [0, 0.1) is 5.92 Å². The van der Waals surface area contributed by atoms with Gasteiger partial charge in [0.05, 0.1) is 12.7 Å². The van der Waals surface area contributed by atoms with E-state index in [0.717, 1.165) is 24.8 Å². The number of hydrogen-bond donors (Lipinski definition) is 0. The van der Waals surface area contributed by atoms with E-state index in [1.165, 1.54) is 0 Å². The highest BCUT2D eigenvalue weighted by Crippen LogP contribution is 2.29. The molecule has 3 atom stereocenters. The van der Waals surface area contributed by atoms with Crippen molar-refractivity contribution in [3.63, 3.8) is 0 Å². The van der Waals surface area contributed by atoms with Crippen molar-refractivity contribution in [2.45, 2.75) is 45.1 Å². The first-order valence-electron chi connectivity index (χ1n) is 6.07. The van der Waals surface area contributed by atoms with Crippen LogP contribution in [0.1, 0.15) is 31.7 Å². The van der Waals surface area contributed by atoms with Crippen LogP contribution >= 0.6 is 0 Å².